The molecule has 0 atom stereocenters. The van der Waals surface area contributed by atoms with Crippen LogP contribution in [0.1, 0.15) is 5.56 Å². The number of hydrogen-bond acceptors (Lipinski definition) is 6. The van der Waals surface area contributed by atoms with Crippen LogP contribution in [0.5, 0.6) is 5.75 Å². The minimum Gasteiger partial charge on any atom is -0.493 e. The van der Waals surface area contributed by atoms with Crippen LogP contribution in [-0.2, 0) is 10.0 Å². The van der Waals surface area contributed by atoms with E-state index in [2.05, 4.69) is 10.2 Å². The van der Waals surface area contributed by atoms with Crippen LogP contribution in [0.25, 0.3) is 17.1 Å². The summed E-state index contributed by atoms with van der Waals surface area (Å²) in [5.41, 5.74) is 2.30. The molecule has 0 fully saturated rings. The molecule has 0 saturated carbocycles. The first-order valence-corrected chi connectivity index (χ1v) is 12.5. The summed E-state index contributed by atoms with van der Waals surface area (Å²) < 4.78 is 44.7. The molecule has 0 unspecified atom stereocenters. The van der Waals surface area contributed by atoms with Crippen molar-refractivity contribution >= 4 is 21.8 Å². The Bertz CT molecular complexity index is 1360. The molecular weight excluding hydrogens is 463 g/mol. The molecule has 2 N–H and O–H groups in total. The van der Waals surface area contributed by atoms with Gasteiger partial charge in [0.2, 0.25) is 10.0 Å². The van der Waals surface area contributed by atoms with Gasteiger partial charge in [0.25, 0.3) is 0 Å². The number of halogens is 1. The van der Waals surface area contributed by atoms with E-state index in [1.54, 1.807) is 30.3 Å². The van der Waals surface area contributed by atoms with Gasteiger partial charge in [-0.25, -0.2) is 17.9 Å². The van der Waals surface area contributed by atoms with Crippen LogP contribution in [0.3, 0.4) is 0 Å². The van der Waals surface area contributed by atoms with Crippen LogP contribution in [0.2, 0.25) is 0 Å². The number of nitrogens with two attached hydrogens (primary N) is 1. The van der Waals surface area contributed by atoms with Crippen LogP contribution in [0.15, 0.2) is 82.8 Å². The molecule has 4 rings (SSSR count). The third kappa shape index (κ3) is 5.41. The number of hydrogen-bond donors (Lipinski definition) is 1. The summed E-state index contributed by atoms with van der Waals surface area (Å²) in [4.78, 5) is 0.0242. The largest absolute Gasteiger partial charge is 0.493 e. The Morgan fingerprint density at radius 3 is 2.36 bits per heavy atom. The van der Waals surface area contributed by atoms with E-state index >= 15 is 0 Å². The molecule has 0 bridgehead atoms. The molecule has 7 nitrogen and oxygen atoms in total. The summed E-state index contributed by atoms with van der Waals surface area (Å²) in [5.74, 6) is 1.10. The van der Waals surface area contributed by atoms with E-state index in [9.17, 15) is 12.8 Å². The van der Waals surface area contributed by atoms with Crippen molar-refractivity contribution in [3.8, 4) is 22.8 Å². The minimum atomic E-state index is -3.74. The molecule has 0 aliphatic heterocycles. The molecule has 0 aliphatic carbocycles. The highest BCUT2D eigenvalue weighted by Crippen LogP contribution is 2.29. The van der Waals surface area contributed by atoms with Gasteiger partial charge in [0.15, 0.2) is 11.0 Å². The number of aromatic nitrogens is 3. The molecule has 0 aliphatic rings. The molecule has 0 radical (unpaired) electrons. The number of rotatable bonds is 8. The van der Waals surface area contributed by atoms with Gasteiger partial charge < -0.3 is 4.74 Å². The van der Waals surface area contributed by atoms with E-state index in [1.807, 2.05) is 35.8 Å². The van der Waals surface area contributed by atoms with Gasteiger partial charge in [0.1, 0.15) is 11.6 Å². The highest BCUT2D eigenvalue weighted by Gasteiger charge is 2.18. The Morgan fingerprint density at radius 1 is 1.00 bits per heavy atom. The van der Waals surface area contributed by atoms with E-state index in [0.29, 0.717) is 34.7 Å². The lowest BCUT2D eigenvalue weighted by Gasteiger charge is -2.11. The zero-order valence-corrected chi connectivity index (χ0v) is 19.3. The molecule has 1 heterocycles. The Balaban J connectivity index is 1.52. The number of benzene rings is 3. The number of primary sulfonamides is 1. The van der Waals surface area contributed by atoms with E-state index in [1.165, 1.54) is 30.0 Å². The summed E-state index contributed by atoms with van der Waals surface area (Å²) in [6, 6.07) is 20.2. The lowest BCUT2D eigenvalue weighted by molar-refractivity contribution is 0.343. The average molecular weight is 485 g/mol. The van der Waals surface area contributed by atoms with Gasteiger partial charge in [0.05, 0.1) is 17.1 Å². The predicted molar refractivity (Wildman–Crippen MR) is 126 cm³/mol. The van der Waals surface area contributed by atoms with E-state index < -0.39 is 10.0 Å². The molecule has 1 aromatic heterocycles. The second kappa shape index (κ2) is 9.74. The SMILES string of the molecule is Cc1ccc(-n2c(SCCOc3ccc(S(N)(=O)=O)cc3)nnc2-c2ccccc2F)cc1. The highest BCUT2D eigenvalue weighted by molar-refractivity contribution is 7.99. The van der Waals surface area contributed by atoms with Crippen molar-refractivity contribution in [3.05, 3.63) is 84.2 Å². The first-order valence-electron chi connectivity index (χ1n) is 9.99. The van der Waals surface area contributed by atoms with E-state index in [-0.39, 0.29) is 10.7 Å². The lowest BCUT2D eigenvalue weighted by Crippen LogP contribution is -2.11. The molecule has 3 aromatic carbocycles. The Kier molecular flexibility index (Phi) is 6.77. The fraction of sp³-hybridized carbons (Fsp3) is 0.130. The fourth-order valence-corrected chi connectivity index (χ4v) is 4.41. The number of aryl methyl sites for hydroxylation is 1. The molecule has 0 saturated heterocycles. The van der Waals surface area contributed by atoms with Crippen molar-refractivity contribution in [2.45, 2.75) is 17.0 Å². The van der Waals surface area contributed by atoms with Gasteiger partial charge in [-0.05, 0) is 55.5 Å². The zero-order chi connectivity index (χ0) is 23.4. The first-order chi connectivity index (χ1) is 15.8. The first kappa shape index (κ1) is 23.0. The van der Waals surface area contributed by atoms with Crippen molar-refractivity contribution < 1.29 is 17.5 Å². The Morgan fingerprint density at radius 2 is 1.70 bits per heavy atom. The van der Waals surface area contributed by atoms with Crippen LogP contribution >= 0.6 is 11.8 Å². The van der Waals surface area contributed by atoms with Gasteiger partial charge in [-0.3, -0.25) is 4.57 Å². The summed E-state index contributed by atoms with van der Waals surface area (Å²) in [6.45, 7) is 2.34. The third-order valence-electron chi connectivity index (χ3n) is 4.78. The number of nitrogens with zero attached hydrogens (tertiary/aromatic N) is 3. The number of ether oxygens (including phenoxy) is 1. The molecule has 170 valence electrons. The molecule has 10 heteroatoms. The fourth-order valence-electron chi connectivity index (χ4n) is 3.13. The second-order valence-electron chi connectivity index (χ2n) is 7.17. The smallest absolute Gasteiger partial charge is 0.238 e. The summed E-state index contributed by atoms with van der Waals surface area (Å²) in [5, 5.41) is 14.3. The van der Waals surface area contributed by atoms with Gasteiger partial charge in [-0.2, -0.15) is 0 Å². The molecule has 33 heavy (non-hydrogen) atoms. The topological polar surface area (TPSA) is 100 Å². The standard InChI is InChI=1S/C23H21FN4O3S2/c1-16-6-8-17(9-7-16)28-22(20-4-2-3-5-21(20)24)26-27-23(28)32-15-14-31-18-10-12-19(13-11-18)33(25,29)30/h2-13H,14-15H2,1H3,(H2,25,29,30). The van der Waals surface area contributed by atoms with Crippen LogP contribution in [-0.4, -0.2) is 35.5 Å². The Hall–Kier alpha value is -3.21. The molecule has 4 aromatic rings. The van der Waals surface area contributed by atoms with E-state index in [4.69, 9.17) is 9.88 Å². The van der Waals surface area contributed by atoms with E-state index in [0.717, 1.165) is 11.3 Å². The molecule has 0 amide bonds. The normalized spacial score (nSPS) is 11.5. The minimum absolute atomic E-state index is 0.0242. The predicted octanol–water partition coefficient (Wildman–Crippen LogP) is 4.20. The maximum atomic E-state index is 14.5. The van der Waals surface area contributed by atoms with Crippen LogP contribution in [0, 0.1) is 12.7 Å². The van der Waals surface area contributed by atoms with Crippen molar-refractivity contribution in [2.24, 2.45) is 5.14 Å². The highest BCUT2D eigenvalue weighted by atomic mass is 32.2. The van der Waals surface area contributed by atoms with Crippen molar-refractivity contribution in [2.75, 3.05) is 12.4 Å². The summed E-state index contributed by atoms with van der Waals surface area (Å²) in [6.07, 6.45) is 0. The average Bonchev–Trinajstić information content (AvgIpc) is 3.21. The van der Waals surface area contributed by atoms with Gasteiger partial charge in [0, 0.05) is 11.4 Å². The van der Waals surface area contributed by atoms with Crippen molar-refractivity contribution in [1.82, 2.24) is 14.8 Å². The maximum absolute atomic E-state index is 14.5. The molecule has 0 spiro atoms. The molecular formula is C23H21FN4O3S2. The van der Waals surface area contributed by atoms with Gasteiger partial charge in [-0.1, -0.05) is 41.6 Å². The second-order valence-corrected chi connectivity index (χ2v) is 9.79. The van der Waals surface area contributed by atoms with Crippen LogP contribution in [0.4, 0.5) is 4.39 Å². The van der Waals surface area contributed by atoms with Crippen molar-refractivity contribution in [3.63, 3.8) is 0 Å². The van der Waals surface area contributed by atoms with Crippen molar-refractivity contribution in [1.29, 1.82) is 0 Å². The van der Waals surface area contributed by atoms with Crippen LogP contribution < -0.4 is 9.88 Å². The monoisotopic (exact) mass is 484 g/mol. The van der Waals surface area contributed by atoms with Gasteiger partial charge in [-0.15, -0.1) is 10.2 Å². The maximum Gasteiger partial charge on any atom is 0.238 e. The lowest BCUT2D eigenvalue weighted by atomic mass is 10.2. The summed E-state index contributed by atoms with van der Waals surface area (Å²) in [7, 11) is -3.74. The number of sulfonamides is 1. The zero-order valence-electron chi connectivity index (χ0n) is 17.7. The Labute approximate surface area is 195 Å². The van der Waals surface area contributed by atoms with Gasteiger partial charge >= 0.3 is 0 Å². The quantitative estimate of drug-likeness (QED) is 0.297. The summed E-state index contributed by atoms with van der Waals surface area (Å²) >= 11 is 1.42. The number of thioether (sulfide) groups is 1. The third-order valence-corrected chi connectivity index (χ3v) is 6.60.